The number of amides is 1. The van der Waals surface area contributed by atoms with Gasteiger partial charge in [0.15, 0.2) is 5.65 Å². The van der Waals surface area contributed by atoms with Crippen molar-refractivity contribution in [2.45, 2.75) is 38.3 Å². The van der Waals surface area contributed by atoms with Crippen LogP contribution in [-0.4, -0.2) is 67.7 Å². The molecule has 1 saturated carbocycles. The molecular weight excluding hydrogens is 490 g/mol. The molecule has 4 aromatic rings. The Balaban J connectivity index is 1.20. The highest BCUT2D eigenvalue weighted by Gasteiger charge is 2.30. The molecule has 1 saturated heterocycles. The maximum absolute atomic E-state index is 12.9. The molecule has 3 heterocycles. The zero-order valence-corrected chi connectivity index (χ0v) is 22.1. The van der Waals surface area contributed by atoms with Crippen LogP contribution < -0.4 is 10.5 Å². The van der Waals surface area contributed by atoms with Crippen molar-refractivity contribution in [1.29, 1.82) is 0 Å². The lowest BCUT2D eigenvalue weighted by Gasteiger charge is -2.18. The number of hydrogen-bond donors (Lipinski definition) is 1. The molecule has 9 heteroatoms. The molecule has 2 aromatic carbocycles. The summed E-state index contributed by atoms with van der Waals surface area (Å²) < 4.78 is 7.86. The Morgan fingerprint density at radius 3 is 2.59 bits per heavy atom. The molecular formula is C30H33N7O2. The molecule has 0 unspecified atom stereocenters. The van der Waals surface area contributed by atoms with E-state index in [-0.39, 0.29) is 11.9 Å². The van der Waals surface area contributed by atoms with Crippen molar-refractivity contribution >= 4 is 22.8 Å². The van der Waals surface area contributed by atoms with Crippen molar-refractivity contribution in [2.24, 2.45) is 0 Å². The summed E-state index contributed by atoms with van der Waals surface area (Å²) in [5, 5.41) is 5.68. The molecule has 0 bridgehead atoms. The van der Waals surface area contributed by atoms with E-state index in [9.17, 15) is 4.79 Å². The van der Waals surface area contributed by atoms with Gasteiger partial charge in [0, 0.05) is 37.3 Å². The lowest BCUT2D eigenvalue weighted by atomic mass is 10.1. The van der Waals surface area contributed by atoms with Gasteiger partial charge in [-0.1, -0.05) is 31.2 Å². The first kappa shape index (κ1) is 25.1. The summed E-state index contributed by atoms with van der Waals surface area (Å²) in [4.78, 5) is 26.0. The second kappa shape index (κ2) is 10.9. The minimum atomic E-state index is 0.00666. The van der Waals surface area contributed by atoms with Crippen molar-refractivity contribution in [1.82, 2.24) is 29.5 Å². The fourth-order valence-electron chi connectivity index (χ4n) is 5.27. The molecule has 1 aliphatic carbocycles. The number of benzene rings is 2. The first-order valence-electron chi connectivity index (χ1n) is 13.6. The van der Waals surface area contributed by atoms with Gasteiger partial charge in [0.2, 0.25) is 5.91 Å². The monoisotopic (exact) mass is 523 g/mol. The van der Waals surface area contributed by atoms with Crippen LogP contribution in [0, 0.1) is 0 Å². The third-order valence-corrected chi connectivity index (χ3v) is 7.52. The molecule has 200 valence electrons. The summed E-state index contributed by atoms with van der Waals surface area (Å²) in [6.07, 6.45) is 8.52. The van der Waals surface area contributed by atoms with Crippen LogP contribution in [0.15, 0.2) is 73.1 Å². The van der Waals surface area contributed by atoms with E-state index in [2.05, 4.69) is 21.8 Å². The summed E-state index contributed by atoms with van der Waals surface area (Å²) in [7, 11) is 0. The number of rotatable bonds is 9. The van der Waals surface area contributed by atoms with Crippen molar-refractivity contribution in [3.05, 3.63) is 73.1 Å². The number of likely N-dealkylation sites (tertiary alicyclic amines) is 1. The minimum Gasteiger partial charge on any atom is -0.457 e. The summed E-state index contributed by atoms with van der Waals surface area (Å²) in [6, 6.07) is 18.1. The van der Waals surface area contributed by atoms with Crippen LogP contribution >= 0.6 is 0 Å². The average Bonchev–Trinajstić information content (AvgIpc) is 3.54. The molecule has 2 fully saturated rings. The second-order valence-electron chi connectivity index (χ2n) is 10.1. The van der Waals surface area contributed by atoms with Crippen LogP contribution in [0.1, 0.15) is 32.2 Å². The lowest BCUT2D eigenvalue weighted by Crippen LogP contribution is -2.29. The molecule has 9 nitrogen and oxygen atoms in total. The summed E-state index contributed by atoms with van der Waals surface area (Å²) >= 11 is 0. The Bertz CT molecular complexity index is 1480. The van der Waals surface area contributed by atoms with E-state index in [0.29, 0.717) is 30.6 Å². The molecule has 2 aliphatic rings. The van der Waals surface area contributed by atoms with E-state index >= 15 is 0 Å². The zero-order valence-electron chi connectivity index (χ0n) is 22.1. The fraction of sp³-hybridized carbons (Fsp3) is 0.333. The first-order chi connectivity index (χ1) is 19.1. The van der Waals surface area contributed by atoms with Crippen LogP contribution in [0.25, 0.3) is 22.3 Å². The van der Waals surface area contributed by atoms with Crippen molar-refractivity contribution < 1.29 is 9.53 Å². The Morgan fingerprint density at radius 1 is 1.08 bits per heavy atom. The smallest absolute Gasteiger partial charge is 0.246 e. The zero-order chi connectivity index (χ0) is 26.8. The van der Waals surface area contributed by atoms with Gasteiger partial charge < -0.3 is 15.4 Å². The van der Waals surface area contributed by atoms with Gasteiger partial charge in [-0.2, -0.15) is 5.10 Å². The molecule has 0 radical (unpaired) electrons. The number of anilines is 1. The van der Waals surface area contributed by atoms with Gasteiger partial charge in [-0.05, 0) is 62.2 Å². The minimum absolute atomic E-state index is 0.00666. The number of carbonyl (C=O) groups excluding carboxylic acids is 1. The van der Waals surface area contributed by atoms with Crippen LogP contribution in [0.3, 0.4) is 0 Å². The molecule has 6 rings (SSSR count). The van der Waals surface area contributed by atoms with Gasteiger partial charge in [0.05, 0.1) is 11.4 Å². The van der Waals surface area contributed by atoms with Crippen LogP contribution in [0.5, 0.6) is 11.5 Å². The molecule has 1 atom stereocenters. The number of fused-ring (bicyclic) bond motifs is 1. The Kier molecular flexibility index (Phi) is 6.98. The van der Waals surface area contributed by atoms with Crippen molar-refractivity contribution in [2.75, 3.05) is 31.9 Å². The standard InChI is InChI=1S/C30H33N7O2/c1-2-35(22-12-13-22)17-6-9-26(38)36-18-16-23(19-36)37-30-27(29(31)32-20-33-30)28(34-37)21-10-14-25(15-11-21)39-24-7-4-3-5-8-24/h3-11,14-15,20,22-23H,2,12-13,16-19H2,1H3,(H2,31,32,33)/t23-/m1/s1. The van der Waals surface area contributed by atoms with Gasteiger partial charge in [-0.3, -0.25) is 9.69 Å². The van der Waals surface area contributed by atoms with E-state index in [4.69, 9.17) is 15.6 Å². The topological polar surface area (TPSA) is 102 Å². The average molecular weight is 524 g/mol. The quantitative estimate of drug-likeness (QED) is 0.318. The largest absolute Gasteiger partial charge is 0.457 e. The number of nitrogen functional groups attached to an aromatic ring is 1. The predicted molar refractivity (Wildman–Crippen MR) is 151 cm³/mol. The number of carbonyl (C=O) groups is 1. The van der Waals surface area contributed by atoms with Crippen LogP contribution in [-0.2, 0) is 4.79 Å². The van der Waals surface area contributed by atoms with Crippen molar-refractivity contribution in [3.63, 3.8) is 0 Å². The molecule has 2 aromatic heterocycles. The highest BCUT2D eigenvalue weighted by atomic mass is 16.5. The van der Waals surface area contributed by atoms with E-state index in [1.54, 1.807) is 6.08 Å². The number of nitrogens with zero attached hydrogens (tertiary/aromatic N) is 6. The molecule has 39 heavy (non-hydrogen) atoms. The maximum Gasteiger partial charge on any atom is 0.246 e. The number of hydrogen-bond acceptors (Lipinski definition) is 7. The Hall–Kier alpha value is -4.24. The Morgan fingerprint density at radius 2 is 1.85 bits per heavy atom. The number of nitrogens with two attached hydrogens (primary N) is 1. The van der Waals surface area contributed by atoms with E-state index in [1.165, 1.54) is 19.2 Å². The highest BCUT2D eigenvalue weighted by molar-refractivity contribution is 5.98. The highest BCUT2D eigenvalue weighted by Crippen LogP contribution is 2.35. The van der Waals surface area contributed by atoms with Gasteiger partial charge in [-0.25, -0.2) is 14.6 Å². The summed E-state index contributed by atoms with van der Waals surface area (Å²) in [5.74, 6) is 1.94. The SMILES string of the molecule is CCN(CC=CC(=O)N1CC[C@@H](n2nc(-c3ccc(Oc4ccccc4)cc3)c3c(N)ncnc32)C1)C1CC1. The van der Waals surface area contributed by atoms with Crippen LogP contribution in [0.2, 0.25) is 0 Å². The maximum atomic E-state index is 12.9. The predicted octanol–water partition coefficient (Wildman–Crippen LogP) is 4.68. The van der Waals surface area contributed by atoms with Gasteiger partial charge in [-0.15, -0.1) is 0 Å². The summed E-state index contributed by atoms with van der Waals surface area (Å²) in [5.41, 5.74) is 8.62. The molecule has 0 spiro atoms. The van der Waals surface area contributed by atoms with E-state index < -0.39 is 0 Å². The van der Waals surface area contributed by atoms with E-state index in [1.807, 2.05) is 70.3 Å². The van der Waals surface area contributed by atoms with Gasteiger partial charge >= 0.3 is 0 Å². The number of aromatic nitrogens is 4. The number of likely N-dealkylation sites (N-methyl/N-ethyl adjacent to an activating group) is 1. The lowest BCUT2D eigenvalue weighted by molar-refractivity contribution is -0.125. The second-order valence-corrected chi connectivity index (χ2v) is 10.1. The third kappa shape index (κ3) is 5.35. The van der Waals surface area contributed by atoms with Crippen LogP contribution in [0.4, 0.5) is 5.82 Å². The van der Waals surface area contributed by atoms with Gasteiger partial charge in [0.25, 0.3) is 0 Å². The van der Waals surface area contributed by atoms with E-state index in [0.717, 1.165) is 47.7 Å². The molecule has 1 amide bonds. The third-order valence-electron chi connectivity index (χ3n) is 7.52. The van der Waals surface area contributed by atoms with Gasteiger partial charge in [0.1, 0.15) is 29.3 Å². The fourth-order valence-corrected chi connectivity index (χ4v) is 5.27. The number of para-hydroxylation sites is 1. The number of ether oxygens (including phenoxy) is 1. The normalized spacial score (nSPS) is 17.5. The first-order valence-corrected chi connectivity index (χ1v) is 13.6. The summed E-state index contributed by atoms with van der Waals surface area (Å²) in [6.45, 7) is 5.26. The molecule has 2 N–H and O–H groups in total. The molecule has 1 aliphatic heterocycles. The van der Waals surface area contributed by atoms with Crippen molar-refractivity contribution in [3.8, 4) is 22.8 Å². The Labute approximate surface area is 227 Å².